The molecule has 2 aliphatic rings. The monoisotopic (exact) mass is 260 g/mol. The van der Waals surface area contributed by atoms with E-state index in [0.717, 1.165) is 31.4 Å². The maximum Gasteiger partial charge on any atom is 0.227 e. The SMILES string of the molecule is Nc1cccc(CC(=O)N2CCOC3CCCC32)c1. The molecule has 0 radical (unpaired) electrons. The van der Waals surface area contributed by atoms with Crippen LogP contribution in [-0.4, -0.2) is 36.1 Å². The first kappa shape index (κ1) is 12.5. The van der Waals surface area contributed by atoms with Gasteiger partial charge < -0.3 is 15.4 Å². The molecule has 0 bridgehead atoms. The summed E-state index contributed by atoms with van der Waals surface area (Å²) < 4.78 is 5.74. The van der Waals surface area contributed by atoms with Crippen LogP contribution in [-0.2, 0) is 16.0 Å². The second kappa shape index (κ2) is 5.21. The van der Waals surface area contributed by atoms with Crippen LogP contribution in [0.1, 0.15) is 24.8 Å². The fourth-order valence-electron chi connectivity index (χ4n) is 3.21. The van der Waals surface area contributed by atoms with Crippen molar-refractivity contribution in [2.24, 2.45) is 0 Å². The molecule has 3 rings (SSSR count). The number of ether oxygens (including phenoxy) is 1. The van der Waals surface area contributed by atoms with Crippen LogP contribution in [0.4, 0.5) is 5.69 Å². The highest BCUT2D eigenvalue weighted by molar-refractivity contribution is 5.79. The molecule has 1 saturated carbocycles. The smallest absolute Gasteiger partial charge is 0.227 e. The summed E-state index contributed by atoms with van der Waals surface area (Å²) >= 11 is 0. The van der Waals surface area contributed by atoms with Gasteiger partial charge in [-0.1, -0.05) is 12.1 Å². The molecule has 2 atom stereocenters. The molecule has 2 unspecified atom stereocenters. The first-order chi connectivity index (χ1) is 9.24. The summed E-state index contributed by atoms with van der Waals surface area (Å²) in [7, 11) is 0. The minimum absolute atomic E-state index is 0.200. The lowest BCUT2D eigenvalue weighted by atomic mass is 10.1. The Morgan fingerprint density at radius 3 is 3.16 bits per heavy atom. The van der Waals surface area contributed by atoms with Gasteiger partial charge in [0.25, 0.3) is 0 Å². The van der Waals surface area contributed by atoms with Crippen molar-refractivity contribution < 1.29 is 9.53 Å². The van der Waals surface area contributed by atoms with Crippen LogP contribution in [0.15, 0.2) is 24.3 Å². The summed E-state index contributed by atoms with van der Waals surface area (Å²) in [5, 5.41) is 0. The topological polar surface area (TPSA) is 55.6 Å². The summed E-state index contributed by atoms with van der Waals surface area (Å²) in [6, 6.07) is 7.87. The van der Waals surface area contributed by atoms with E-state index in [-0.39, 0.29) is 12.0 Å². The van der Waals surface area contributed by atoms with Gasteiger partial charge in [0.05, 0.1) is 25.2 Å². The van der Waals surface area contributed by atoms with Crippen molar-refractivity contribution in [1.29, 1.82) is 0 Å². The number of carbonyl (C=O) groups is 1. The van der Waals surface area contributed by atoms with Crippen LogP contribution in [0, 0.1) is 0 Å². The fourth-order valence-corrected chi connectivity index (χ4v) is 3.21. The predicted octanol–water partition coefficient (Wildman–Crippen LogP) is 1.59. The van der Waals surface area contributed by atoms with E-state index >= 15 is 0 Å². The molecule has 102 valence electrons. The molecule has 1 saturated heterocycles. The van der Waals surface area contributed by atoms with E-state index in [0.29, 0.717) is 24.8 Å². The average molecular weight is 260 g/mol. The van der Waals surface area contributed by atoms with Gasteiger partial charge in [0.2, 0.25) is 5.91 Å². The second-order valence-corrected chi connectivity index (χ2v) is 5.42. The first-order valence-corrected chi connectivity index (χ1v) is 6.99. The van der Waals surface area contributed by atoms with Crippen LogP contribution in [0.2, 0.25) is 0 Å². The van der Waals surface area contributed by atoms with Gasteiger partial charge in [-0.3, -0.25) is 4.79 Å². The molecule has 2 fully saturated rings. The highest BCUT2D eigenvalue weighted by Crippen LogP contribution is 2.30. The van der Waals surface area contributed by atoms with E-state index in [1.807, 2.05) is 29.2 Å². The number of morpholine rings is 1. The Kier molecular flexibility index (Phi) is 3.42. The van der Waals surface area contributed by atoms with Crippen LogP contribution >= 0.6 is 0 Å². The van der Waals surface area contributed by atoms with Crippen LogP contribution in [0.5, 0.6) is 0 Å². The first-order valence-electron chi connectivity index (χ1n) is 6.99. The molecule has 1 aliphatic carbocycles. The molecule has 4 heteroatoms. The Hall–Kier alpha value is -1.55. The molecule has 1 aliphatic heterocycles. The lowest BCUT2D eigenvalue weighted by molar-refractivity contribution is -0.143. The number of nitrogens with zero attached hydrogens (tertiary/aromatic N) is 1. The van der Waals surface area contributed by atoms with Crippen LogP contribution in [0.3, 0.4) is 0 Å². The molecule has 0 spiro atoms. The lowest BCUT2D eigenvalue weighted by Crippen LogP contribution is -2.51. The average Bonchev–Trinajstić information content (AvgIpc) is 2.86. The van der Waals surface area contributed by atoms with Crippen molar-refractivity contribution in [2.75, 3.05) is 18.9 Å². The Morgan fingerprint density at radius 2 is 2.32 bits per heavy atom. The Morgan fingerprint density at radius 1 is 1.42 bits per heavy atom. The van der Waals surface area contributed by atoms with Crippen molar-refractivity contribution in [3.05, 3.63) is 29.8 Å². The number of benzene rings is 1. The summed E-state index contributed by atoms with van der Waals surface area (Å²) in [6.07, 6.45) is 4.03. The van der Waals surface area contributed by atoms with Gasteiger partial charge in [0, 0.05) is 12.2 Å². The van der Waals surface area contributed by atoms with Crippen molar-refractivity contribution >= 4 is 11.6 Å². The minimum atomic E-state index is 0.200. The van der Waals surface area contributed by atoms with E-state index in [2.05, 4.69) is 0 Å². The quantitative estimate of drug-likeness (QED) is 0.822. The van der Waals surface area contributed by atoms with Gasteiger partial charge in [-0.25, -0.2) is 0 Å². The molecular formula is C15H20N2O2. The summed E-state index contributed by atoms with van der Waals surface area (Å²) in [4.78, 5) is 14.5. The fraction of sp³-hybridized carbons (Fsp3) is 0.533. The van der Waals surface area contributed by atoms with Crippen molar-refractivity contribution in [3.63, 3.8) is 0 Å². The van der Waals surface area contributed by atoms with E-state index in [1.165, 1.54) is 0 Å². The summed E-state index contributed by atoms with van der Waals surface area (Å²) in [5.74, 6) is 0.200. The zero-order valence-corrected chi connectivity index (χ0v) is 11.0. The van der Waals surface area contributed by atoms with Crippen molar-refractivity contribution in [2.45, 2.75) is 37.8 Å². The number of carbonyl (C=O) groups excluding carboxylic acids is 1. The maximum absolute atomic E-state index is 12.5. The molecule has 1 aromatic carbocycles. The molecule has 1 aromatic rings. The molecule has 1 heterocycles. The zero-order chi connectivity index (χ0) is 13.2. The van der Waals surface area contributed by atoms with Gasteiger partial charge >= 0.3 is 0 Å². The zero-order valence-electron chi connectivity index (χ0n) is 11.0. The molecule has 2 N–H and O–H groups in total. The number of anilines is 1. The van der Waals surface area contributed by atoms with Gasteiger partial charge in [-0.15, -0.1) is 0 Å². The van der Waals surface area contributed by atoms with Gasteiger partial charge in [0.15, 0.2) is 0 Å². The normalized spacial score (nSPS) is 26.2. The third-order valence-electron chi connectivity index (χ3n) is 4.11. The third kappa shape index (κ3) is 2.59. The van der Waals surface area contributed by atoms with Gasteiger partial charge in [-0.05, 0) is 37.0 Å². The number of fused-ring (bicyclic) bond motifs is 1. The van der Waals surface area contributed by atoms with E-state index < -0.39 is 0 Å². The van der Waals surface area contributed by atoms with E-state index in [9.17, 15) is 4.79 Å². The number of nitrogen functional groups attached to an aromatic ring is 1. The Labute approximate surface area is 113 Å². The van der Waals surface area contributed by atoms with Crippen LogP contribution in [0.25, 0.3) is 0 Å². The lowest BCUT2D eigenvalue weighted by Gasteiger charge is -2.37. The Balaban J connectivity index is 1.69. The van der Waals surface area contributed by atoms with Crippen LogP contribution < -0.4 is 5.73 Å². The summed E-state index contributed by atoms with van der Waals surface area (Å²) in [5.41, 5.74) is 7.46. The number of rotatable bonds is 2. The highest BCUT2D eigenvalue weighted by atomic mass is 16.5. The second-order valence-electron chi connectivity index (χ2n) is 5.42. The molecule has 1 amide bonds. The highest BCUT2D eigenvalue weighted by Gasteiger charge is 2.38. The minimum Gasteiger partial charge on any atom is -0.399 e. The van der Waals surface area contributed by atoms with Gasteiger partial charge in [-0.2, -0.15) is 0 Å². The predicted molar refractivity (Wildman–Crippen MR) is 73.7 cm³/mol. The third-order valence-corrected chi connectivity index (χ3v) is 4.11. The Bertz CT molecular complexity index is 475. The molecule has 4 nitrogen and oxygen atoms in total. The maximum atomic E-state index is 12.5. The van der Waals surface area contributed by atoms with Gasteiger partial charge in [0.1, 0.15) is 0 Å². The van der Waals surface area contributed by atoms with Crippen molar-refractivity contribution in [1.82, 2.24) is 4.90 Å². The molecule has 19 heavy (non-hydrogen) atoms. The summed E-state index contributed by atoms with van der Waals surface area (Å²) in [6.45, 7) is 1.39. The molecular weight excluding hydrogens is 240 g/mol. The number of hydrogen-bond acceptors (Lipinski definition) is 3. The van der Waals surface area contributed by atoms with E-state index in [1.54, 1.807) is 0 Å². The number of hydrogen-bond donors (Lipinski definition) is 1. The number of nitrogens with two attached hydrogens (primary N) is 1. The standard InChI is InChI=1S/C15H20N2O2/c16-12-4-1-3-11(9-12)10-15(18)17-7-8-19-14-6-2-5-13(14)17/h1,3-4,9,13-14H,2,5-8,10,16H2. The molecule has 0 aromatic heterocycles. The largest absolute Gasteiger partial charge is 0.399 e. The van der Waals surface area contributed by atoms with E-state index in [4.69, 9.17) is 10.5 Å². The number of amides is 1. The van der Waals surface area contributed by atoms with Crippen molar-refractivity contribution in [3.8, 4) is 0 Å².